The molecule has 0 aromatic carbocycles. The summed E-state index contributed by atoms with van der Waals surface area (Å²) < 4.78 is 4.29. The Kier molecular flexibility index (Phi) is 3.87. The predicted octanol–water partition coefficient (Wildman–Crippen LogP) is -1.14. The van der Waals surface area contributed by atoms with E-state index < -0.39 is 17.9 Å². The first-order valence-corrected chi connectivity index (χ1v) is 2.95. The summed E-state index contributed by atoms with van der Waals surface area (Å²) >= 11 is 0. The molecular formula is C6H9NO4. The number of rotatable bonds is 3. The smallest absolute Gasteiger partial charge is 0.328 e. The van der Waals surface area contributed by atoms with Gasteiger partial charge in [-0.2, -0.15) is 0 Å². The van der Waals surface area contributed by atoms with Crippen LogP contribution in [0.5, 0.6) is 0 Å². The summed E-state index contributed by atoms with van der Waals surface area (Å²) in [6, 6.07) is -0.780. The van der Waals surface area contributed by atoms with Gasteiger partial charge in [0.25, 0.3) is 5.91 Å². The fraction of sp³-hybridized carbons (Fsp3) is 0.500. The fourth-order valence-electron chi connectivity index (χ4n) is 0.483. The molecule has 5 heteroatoms. The molecule has 1 amide bonds. The van der Waals surface area contributed by atoms with Gasteiger partial charge in [0, 0.05) is 0 Å². The van der Waals surface area contributed by atoms with Gasteiger partial charge in [-0.05, 0) is 6.92 Å². The summed E-state index contributed by atoms with van der Waals surface area (Å²) in [6.07, 6.45) is 0.0967. The zero-order chi connectivity index (χ0) is 8.85. The summed E-state index contributed by atoms with van der Waals surface area (Å²) in [5.41, 5.74) is 0. The summed E-state index contributed by atoms with van der Waals surface area (Å²) in [5.74, 6) is -1.41. The molecule has 0 aromatic heterocycles. The molecular weight excluding hydrogens is 150 g/mol. The number of hydrogen-bond acceptors (Lipinski definition) is 4. The summed E-state index contributed by atoms with van der Waals surface area (Å²) in [6.45, 7) is 1.42. The van der Waals surface area contributed by atoms with Crippen LogP contribution in [-0.2, 0) is 19.1 Å². The average Bonchev–Trinajstić information content (AvgIpc) is 2.02. The topological polar surface area (TPSA) is 72.5 Å². The van der Waals surface area contributed by atoms with Gasteiger partial charge < -0.3 is 10.1 Å². The first-order valence-electron chi connectivity index (χ1n) is 2.95. The number of nitrogens with one attached hydrogen (secondary N) is 1. The molecule has 1 N–H and O–H groups in total. The number of carbonyl (C=O) groups excluding carboxylic acids is 3. The van der Waals surface area contributed by atoms with E-state index in [4.69, 9.17) is 0 Å². The van der Waals surface area contributed by atoms with Crippen molar-refractivity contribution in [1.82, 2.24) is 5.32 Å². The van der Waals surface area contributed by atoms with Crippen molar-refractivity contribution < 1.29 is 19.1 Å². The van der Waals surface area contributed by atoms with Crippen LogP contribution in [0.15, 0.2) is 0 Å². The molecule has 0 aliphatic heterocycles. The van der Waals surface area contributed by atoms with Crippen molar-refractivity contribution in [2.24, 2.45) is 0 Å². The van der Waals surface area contributed by atoms with E-state index in [9.17, 15) is 14.4 Å². The Morgan fingerprint density at radius 3 is 2.45 bits per heavy atom. The third-order valence-electron chi connectivity index (χ3n) is 1.02. The molecule has 0 fully saturated rings. The van der Waals surface area contributed by atoms with Crippen LogP contribution in [0.4, 0.5) is 0 Å². The van der Waals surface area contributed by atoms with Crippen LogP contribution in [-0.4, -0.2) is 31.3 Å². The minimum Gasteiger partial charge on any atom is -0.467 e. The van der Waals surface area contributed by atoms with Crippen LogP contribution in [0.3, 0.4) is 0 Å². The van der Waals surface area contributed by atoms with Gasteiger partial charge in [0.05, 0.1) is 7.11 Å². The number of methoxy groups -OCH3 is 1. The molecule has 0 aromatic rings. The van der Waals surface area contributed by atoms with Crippen LogP contribution in [0.25, 0.3) is 0 Å². The Labute approximate surface area is 63.7 Å². The quantitative estimate of drug-likeness (QED) is 0.321. The Morgan fingerprint density at radius 1 is 1.55 bits per heavy atom. The lowest BCUT2D eigenvalue weighted by atomic mass is 10.3. The third kappa shape index (κ3) is 3.34. The lowest BCUT2D eigenvalue weighted by Crippen LogP contribution is -2.39. The van der Waals surface area contributed by atoms with E-state index in [1.807, 2.05) is 0 Å². The predicted molar refractivity (Wildman–Crippen MR) is 35.7 cm³/mol. The molecule has 0 heterocycles. The molecule has 0 aliphatic rings. The normalized spacial score (nSPS) is 11.5. The van der Waals surface area contributed by atoms with E-state index in [-0.39, 0.29) is 6.29 Å². The minimum absolute atomic E-state index is 0.0967. The number of carbonyl (C=O) groups is 3. The lowest BCUT2D eigenvalue weighted by Gasteiger charge is -2.07. The van der Waals surface area contributed by atoms with E-state index in [2.05, 4.69) is 10.1 Å². The van der Waals surface area contributed by atoms with Crippen LogP contribution in [0, 0.1) is 0 Å². The van der Waals surface area contributed by atoms with Crippen LogP contribution < -0.4 is 5.32 Å². The maximum atomic E-state index is 10.6. The van der Waals surface area contributed by atoms with Crippen LogP contribution in [0.1, 0.15) is 6.92 Å². The van der Waals surface area contributed by atoms with Crippen molar-refractivity contribution in [2.75, 3.05) is 7.11 Å². The van der Waals surface area contributed by atoms with Crippen molar-refractivity contribution in [1.29, 1.82) is 0 Å². The highest BCUT2D eigenvalue weighted by molar-refractivity contribution is 6.24. The second kappa shape index (κ2) is 4.43. The number of hydrogen-bond donors (Lipinski definition) is 1. The SMILES string of the molecule is COC(=O)[C@H](C)NC(=O)C=O. The van der Waals surface area contributed by atoms with E-state index in [1.54, 1.807) is 0 Å². The van der Waals surface area contributed by atoms with Crippen LogP contribution in [0.2, 0.25) is 0 Å². The highest BCUT2D eigenvalue weighted by atomic mass is 16.5. The van der Waals surface area contributed by atoms with Gasteiger partial charge in [-0.25, -0.2) is 4.79 Å². The van der Waals surface area contributed by atoms with Gasteiger partial charge >= 0.3 is 5.97 Å². The average molecular weight is 159 g/mol. The summed E-state index contributed by atoms with van der Waals surface area (Å²) in [4.78, 5) is 30.8. The molecule has 0 saturated carbocycles. The first kappa shape index (κ1) is 9.61. The molecule has 0 aliphatic carbocycles. The summed E-state index contributed by atoms with van der Waals surface area (Å²) in [7, 11) is 1.20. The van der Waals surface area contributed by atoms with Crippen molar-refractivity contribution >= 4 is 18.2 Å². The number of amides is 1. The minimum atomic E-state index is -0.831. The zero-order valence-corrected chi connectivity index (χ0v) is 6.29. The highest BCUT2D eigenvalue weighted by Crippen LogP contribution is 1.83. The standard InChI is InChI=1S/C6H9NO4/c1-4(6(10)11-2)7-5(9)3-8/h3-4H,1-2H3,(H,7,9)/t4-/m0/s1. The molecule has 5 nitrogen and oxygen atoms in total. The van der Waals surface area contributed by atoms with Gasteiger partial charge in [-0.3, -0.25) is 9.59 Å². The van der Waals surface area contributed by atoms with E-state index >= 15 is 0 Å². The lowest BCUT2D eigenvalue weighted by molar-refractivity contribution is -0.144. The van der Waals surface area contributed by atoms with Gasteiger partial charge in [0.2, 0.25) is 6.29 Å². The molecule has 1 atom stereocenters. The Hall–Kier alpha value is -1.39. The Bertz CT molecular complexity index is 177. The number of aldehydes is 1. The van der Waals surface area contributed by atoms with Gasteiger partial charge in [-0.1, -0.05) is 0 Å². The molecule has 0 unspecified atom stereocenters. The highest BCUT2D eigenvalue weighted by Gasteiger charge is 2.14. The molecule has 0 rings (SSSR count). The van der Waals surface area contributed by atoms with E-state index in [0.29, 0.717) is 0 Å². The molecule has 11 heavy (non-hydrogen) atoms. The van der Waals surface area contributed by atoms with Crippen molar-refractivity contribution in [3.8, 4) is 0 Å². The summed E-state index contributed by atoms with van der Waals surface area (Å²) in [5, 5.41) is 2.10. The van der Waals surface area contributed by atoms with Crippen molar-refractivity contribution in [3.63, 3.8) is 0 Å². The van der Waals surface area contributed by atoms with Crippen LogP contribution >= 0.6 is 0 Å². The number of esters is 1. The second-order valence-electron chi connectivity index (χ2n) is 1.87. The second-order valence-corrected chi connectivity index (χ2v) is 1.87. The van der Waals surface area contributed by atoms with Crippen molar-refractivity contribution in [3.05, 3.63) is 0 Å². The molecule has 0 radical (unpaired) electrons. The maximum absolute atomic E-state index is 10.6. The molecule has 62 valence electrons. The molecule has 0 spiro atoms. The van der Waals surface area contributed by atoms with E-state index in [0.717, 1.165) is 0 Å². The maximum Gasteiger partial charge on any atom is 0.328 e. The Morgan fingerprint density at radius 2 is 2.09 bits per heavy atom. The number of ether oxygens (including phenoxy) is 1. The zero-order valence-electron chi connectivity index (χ0n) is 6.29. The first-order chi connectivity index (χ1) is 5.11. The van der Waals surface area contributed by atoms with Gasteiger partial charge in [-0.15, -0.1) is 0 Å². The Balaban J connectivity index is 3.86. The van der Waals surface area contributed by atoms with Crippen molar-refractivity contribution in [2.45, 2.75) is 13.0 Å². The van der Waals surface area contributed by atoms with Gasteiger partial charge in [0.1, 0.15) is 6.04 Å². The molecule has 0 bridgehead atoms. The fourth-order valence-corrected chi connectivity index (χ4v) is 0.483. The van der Waals surface area contributed by atoms with Gasteiger partial charge in [0.15, 0.2) is 0 Å². The largest absolute Gasteiger partial charge is 0.467 e. The third-order valence-corrected chi connectivity index (χ3v) is 1.02. The van der Waals surface area contributed by atoms with E-state index in [1.165, 1.54) is 14.0 Å². The molecule has 0 saturated heterocycles. The monoisotopic (exact) mass is 159 g/mol.